The third-order valence-electron chi connectivity index (χ3n) is 3.25. The van der Waals surface area contributed by atoms with Crippen LogP contribution in [0.15, 0.2) is 0 Å². The van der Waals surface area contributed by atoms with Crippen LogP contribution in [-0.4, -0.2) is 16.9 Å². The van der Waals surface area contributed by atoms with Gasteiger partial charge in [-0.05, 0) is 25.7 Å². The standard InChI is InChI=1S/C11H15N3OS/c12-11-14-8-4-3-7(5-9(8)16-11)13-10(15)6-1-2-6/h6-7H,1-5H2,(H2,12,14)(H,13,15). The highest BCUT2D eigenvalue weighted by molar-refractivity contribution is 7.15. The highest BCUT2D eigenvalue weighted by atomic mass is 32.1. The van der Waals surface area contributed by atoms with Crippen molar-refractivity contribution in [2.24, 2.45) is 5.92 Å². The van der Waals surface area contributed by atoms with E-state index in [0.29, 0.717) is 17.1 Å². The summed E-state index contributed by atoms with van der Waals surface area (Å²) < 4.78 is 0. The Morgan fingerprint density at radius 2 is 2.25 bits per heavy atom. The zero-order valence-corrected chi connectivity index (χ0v) is 9.85. The van der Waals surface area contributed by atoms with Crippen LogP contribution in [-0.2, 0) is 17.6 Å². The molecule has 1 saturated carbocycles. The van der Waals surface area contributed by atoms with Gasteiger partial charge in [0.25, 0.3) is 0 Å². The van der Waals surface area contributed by atoms with Gasteiger partial charge in [0.2, 0.25) is 5.91 Å². The number of rotatable bonds is 2. The maximum Gasteiger partial charge on any atom is 0.223 e. The van der Waals surface area contributed by atoms with E-state index in [1.165, 1.54) is 4.88 Å². The fourth-order valence-electron chi connectivity index (χ4n) is 2.18. The fraction of sp³-hybridized carbons (Fsp3) is 0.636. The van der Waals surface area contributed by atoms with E-state index in [9.17, 15) is 4.79 Å². The Kier molecular flexibility index (Phi) is 2.35. The van der Waals surface area contributed by atoms with Gasteiger partial charge in [0.05, 0.1) is 5.69 Å². The normalized spacial score (nSPS) is 23.9. The molecule has 3 N–H and O–H groups in total. The minimum atomic E-state index is 0.242. The molecule has 1 atom stereocenters. The van der Waals surface area contributed by atoms with Crippen molar-refractivity contribution >= 4 is 22.4 Å². The number of anilines is 1. The van der Waals surface area contributed by atoms with Gasteiger partial charge in [-0.2, -0.15) is 0 Å². The third-order valence-corrected chi connectivity index (χ3v) is 4.20. The van der Waals surface area contributed by atoms with Crippen molar-refractivity contribution in [2.75, 3.05) is 5.73 Å². The number of carbonyl (C=O) groups is 1. The highest BCUT2D eigenvalue weighted by Gasteiger charge is 2.32. The molecule has 86 valence electrons. The predicted octanol–water partition coefficient (Wildman–Crippen LogP) is 1.11. The van der Waals surface area contributed by atoms with Crippen LogP contribution in [0.1, 0.15) is 29.8 Å². The second-order valence-electron chi connectivity index (χ2n) is 4.64. The monoisotopic (exact) mass is 237 g/mol. The van der Waals surface area contributed by atoms with Crippen LogP contribution >= 0.6 is 11.3 Å². The van der Waals surface area contributed by atoms with Crippen molar-refractivity contribution in [2.45, 2.75) is 38.1 Å². The first kappa shape index (κ1) is 10.1. The Bertz CT molecular complexity index is 425. The summed E-state index contributed by atoms with van der Waals surface area (Å²) in [5, 5.41) is 3.78. The van der Waals surface area contributed by atoms with Crippen LogP contribution in [0.2, 0.25) is 0 Å². The van der Waals surface area contributed by atoms with Crippen molar-refractivity contribution < 1.29 is 4.79 Å². The molecule has 0 bridgehead atoms. The number of fused-ring (bicyclic) bond motifs is 1. The van der Waals surface area contributed by atoms with E-state index in [1.807, 2.05) is 0 Å². The third kappa shape index (κ3) is 1.91. The number of thiazole rings is 1. The molecule has 5 heteroatoms. The second kappa shape index (κ2) is 3.73. The zero-order valence-electron chi connectivity index (χ0n) is 9.03. The molecule has 2 aliphatic carbocycles. The van der Waals surface area contributed by atoms with Crippen LogP contribution in [0, 0.1) is 5.92 Å². The average molecular weight is 237 g/mol. The van der Waals surface area contributed by atoms with Crippen LogP contribution in [0.4, 0.5) is 5.13 Å². The first-order chi connectivity index (χ1) is 7.72. The molecule has 0 aliphatic heterocycles. The van der Waals surface area contributed by atoms with Gasteiger partial charge in [-0.25, -0.2) is 4.98 Å². The maximum atomic E-state index is 11.6. The number of hydrogen-bond donors (Lipinski definition) is 2. The predicted molar refractivity (Wildman–Crippen MR) is 63.2 cm³/mol. The second-order valence-corrected chi connectivity index (χ2v) is 5.76. The number of hydrogen-bond acceptors (Lipinski definition) is 4. The lowest BCUT2D eigenvalue weighted by Crippen LogP contribution is -2.39. The Morgan fingerprint density at radius 3 is 3.00 bits per heavy atom. The number of carbonyl (C=O) groups excluding carboxylic acids is 1. The first-order valence-electron chi connectivity index (χ1n) is 5.77. The molecule has 1 heterocycles. The van der Waals surface area contributed by atoms with Gasteiger partial charge in [0, 0.05) is 23.3 Å². The molecule has 0 saturated heterocycles. The van der Waals surface area contributed by atoms with Crippen molar-refractivity contribution in [3.05, 3.63) is 10.6 Å². The van der Waals surface area contributed by atoms with Crippen LogP contribution in [0.5, 0.6) is 0 Å². The van der Waals surface area contributed by atoms with Crippen molar-refractivity contribution in [1.82, 2.24) is 10.3 Å². The molecule has 1 unspecified atom stereocenters. The lowest BCUT2D eigenvalue weighted by molar-refractivity contribution is -0.123. The van der Waals surface area contributed by atoms with E-state index in [-0.39, 0.29) is 5.91 Å². The Hall–Kier alpha value is -1.10. The molecule has 16 heavy (non-hydrogen) atoms. The number of amides is 1. The summed E-state index contributed by atoms with van der Waals surface area (Å²) in [6.07, 6.45) is 4.98. The maximum absolute atomic E-state index is 11.6. The molecular formula is C11H15N3OS. The fourth-order valence-corrected chi connectivity index (χ4v) is 3.14. The van der Waals surface area contributed by atoms with Crippen molar-refractivity contribution in [3.8, 4) is 0 Å². The van der Waals surface area contributed by atoms with Gasteiger partial charge in [-0.1, -0.05) is 0 Å². The number of nitrogens with one attached hydrogen (secondary N) is 1. The molecule has 3 rings (SSSR count). The molecule has 0 radical (unpaired) electrons. The molecule has 0 spiro atoms. The zero-order chi connectivity index (χ0) is 11.1. The van der Waals surface area contributed by atoms with Crippen LogP contribution in [0.25, 0.3) is 0 Å². The van der Waals surface area contributed by atoms with Gasteiger partial charge in [-0.15, -0.1) is 11.3 Å². The first-order valence-corrected chi connectivity index (χ1v) is 6.58. The largest absolute Gasteiger partial charge is 0.375 e. The van der Waals surface area contributed by atoms with E-state index in [4.69, 9.17) is 5.73 Å². The van der Waals surface area contributed by atoms with Gasteiger partial charge < -0.3 is 11.1 Å². The summed E-state index contributed by atoms with van der Waals surface area (Å²) >= 11 is 1.56. The minimum absolute atomic E-state index is 0.242. The van der Waals surface area contributed by atoms with Crippen molar-refractivity contribution in [3.63, 3.8) is 0 Å². The number of aromatic nitrogens is 1. The Balaban J connectivity index is 1.65. The van der Waals surface area contributed by atoms with E-state index >= 15 is 0 Å². The minimum Gasteiger partial charge on any atom is -0.375 e. The molecule has 1 amide bonds. The van der Waals surface area contributed by atoms with Gasteiger partial charge in [0.15, 0.2) is 5.13 Å². The summed E-state index contributed by atoms with van der Waals surface area (Å²) in [6.45, 7) is 0. The van der Waals surface area contributed by atoms with E-state index in [1.54, 1.807) is 11.3 Å². The summed E-state index contributed by atoms with van der Waals surface area (Å²) in [5.74, 6) is 0.541. The molecule has 2 aliphatic rings. The smallest absolute Gasteiger partial charge is 0.223 e. The number of nitrogens with two attached hydrogens (primary N) is 1. The summed E-state index contributed by atoms with van der Waals surface area (Å²) in [6, 6.07) is 0.292. The summed E-state index contributed by atoms with van der Waals surface area (Å²) in [7, 11) is 0. The number of aryl methyl sites for hydroxylation is 1. The molecule has 1 aromatic rings. The Morgan fingerprint density at radius 1 is 1.44 bits per heavy atom. The van der Waals surface area contributed by atoms with Crippen LogP contribution in [0.3, 0.4) is 0 Å². The molecule has 1 aromatic heterocycles. The van der Waals surface area contributed by atoms with Crippen LogP contribution < -0.4 is 11.1 Å². The highest BCUT2D eigenvalue weighted by Crippen LogP contribution is 2.31. The number of nitrogen functional groups attached to an aromatic ring is 1. The Labute approximate surface area is 98.3 Å². The van der Waals surface area contributed by atoms with Gasteiger partial charge in [0.1, 0.15) is 0 Å². The van der Waals surface area contributed by atoms with E-state index < -0.39 is 0 Å². The molecule has 0 aromatic carbocycles. The average Bonchev–Trinajstić information content (AvgIpc) is 3.01. The molecular weight excluding hydrogens is 222 g/mol. The SMILES string of the molecule is Nc1nc2c(s1)CC(NC(=O)C1CC1)CC2. The van der Waals surface area contributed by atoms with E-state index in [0.717, 1.165) is 37.8 Å². The number of nitrogens with zero attached hydrogens (tertiary/aromatic N) is 1. The summed E-state index contributed by atoms with van der Waals surface area (Å²) in [4.78, 5) is 17.2. The lowest BCUT2D eigenvalue weighted by atomic mass is 9.97. The quantitative estimate of drug-likeness (QED) is 0.809. The van der Waals surface area contributed by atoms with Gasteiger partial charge >= 0.3 is 0 Å². The molecule has 1 fully saturated rings. The summed E-state index contributed by atoms with van der Waals surface area (Å²) in [5.41, 5.74) is 6.82. The van der Waals surface area contributed by atoms with Gasteiger partial charge in [-0.3, -0.25) is 4.79 Å². The van der Waals surface area contributed by atoms with E-state index in [2.05, 4.69) is 10.3 Å². The molecule has 4 nitrogen and oxygen atoms in total. The topological polar surface area (TPSA) is 68.0 Å². The van der Waals surface area contributed by atoms with Crippen molar-refractivity contribution in [1.29, 1.82) is 0 Å². The lowest BCUT2D eigenvalue weighted by Gasteiger charge is -2.22.